The number of carbonyl (C=O) groups is 2. The Kier molecular flexibility index (Phi) is 4.71. The molecule has 2 amide bonds. The lowest BCUT2D eigenvalue weighted by molar-refractivity contribution is -0.138. The van der Waals surface area contributed by atoms with Crippen LogP contribution in [-0.4, -0.2) is 52.5 Å². The van der Waals surface area contributed by atoms with E-state index in [1.807, 2.05) is 11.0 Å². The van der Waals surface area contributed by atoms with Crippen LogP contribution in [0.25, 0.3) is 0 Å². The Labute approximate surface area is 136 Å². The van der Waals surface area contributed by atoms with E-state index in [1.54, 1.807) is 24.2 Å². The number of hydrogen-bond acceptors (Lipinski definition) is 4. The number of hydrogen-bond donors (Lipinski definition) is 1. The molecule has 3 rings (SSSR count). The summed E-state index contributed by atoms with van der Waals surface area (Å²) < 4.78 is 5.28. The van der Waals surface area contributed by atoms with Crippen LogP contribution < -0.4 is 0 Å². The normalized spacial score (nSPS) is 26.6. The Morgan fingerprint density at radius 1 is 1.48 bits per heavy atom. The van der Waals surface area contributed by atoms with Gasteiger partial charge in [0.15, 0.2) is 0 Å². The molecule has 0 radical (unpaired) electrons. The number of furan rings is 1. The van der Waals surface area contributed by atoms with Crippen LogP contribution in [-0.2, 0) is 16.1 Å². The molecule has 23 heavy (non-hydrogen) atoms. The Balaban J connectivity index is 1.59. The van der Waals surface area contributed by atoms with Crippen LogP contribution in [0.1, 0.15) is 31.9 Å². The Hall–Kier alpha value is -1.82. The fourth-order valence-corrected chi connectivity index (χ4v) is 3.54. The van der Waals surface area contributed by atoms with Crippen molar-refractivity contribution in [1.29, 1.82) is 0 Å². The van der Waals surface area contributed by atoms with E-state index in [-0.39, 0.29) is 30.1 Å². The molecule has 0 spiro atoms. The number of likely N-dealkylation sites (tertiary alicyclic amines) is 2. The first-order chi connectivity index (χ1) is 11.0. The van der Waals surface area contributed by atoms with Gasteiger partial charge in [0.05, 0.1) is 24.8 Å². The monoisotopic (exact) mass is 320 g/mol. The molecular weight excluding hydrogens is 296 g/mol. The van der Waals surface area contributed by atoms with Crippen molar-refractivity contribution < 1.29 is 19.1 Å². The van der Waals surface area contributed by atoms with Gasteiger partial charge in [-0.3, -0.25) is 9.59 Å². The fourth-order valence-electron chi connectivity index (χ4n) is 3.54. The highest BCUT2D eigenvalue weighted by Gasteiger charge is 2.38. The quantitative estimate of drug-likeness (QED) is 0.906. The number of piperidine rings is 1. The van der Waals surface area contributed by atoms with E-state index < -0.39 is 6.10 Å². The minimum absolute atomic E-state index is 0.00355. The van der Waals surface area contributed by atoms with E-state index >= 15 is 0 Å². The van der Waals surface area contributed by atoms with Gasteiger partial charge in [0, 0.05) is 32.0 Å². The van der Waals surface area contributed by atoms with Gasteiger partial charge < -0.3 is 19.3 Å². The van der Waals surface area contributed by atoms with Gasteiger partial charge in [-0.05, 0) is 31.9 Å². The van der Waals surface area contributed by atoms with Crippen molar-refractivity contribution in [3.63, 3.8) is 0 Å². The molecule has 6 heteroatoms. The number of nitrogens with zero attached hydrogens (tertiary/aromatic N) is 2. The van der Waals surface area contributed by atoms with Gasteiger partial charge in [-0.1, -0.05) is 0 Å². The minimum atomic E-state index is -0.397. The van der Waals surface area contributed by atoms with Gasteiger partial charge in [0.25, 0.3) is 0 Å². The standard InChI is InChI=1S/C17H24N2O4/c1-12(20)13-4-2-6-18(9-13)17(22)14-8-16(21)19(10-14)11-15-5-3-7-23-15/h3,5,7,12-14,20H,2,4,6,8-11H2,1H3. The lowest BCUT2D eigenvalue weighted by Crippen LogP contribution is -2.45. The van der Waals surface area contributed by atoms with Crippen molar-refractivity contribution in [1.82, 2.24) is 9.80 Å². The second-order valence-corrected chi connectivity index (χ2v) is 6.68. The summed E-state index contributed by atoms with van der Waals surface area (Å²) in [6.07, 6.45) is 3.33. The molecule has 6 nitrogen and oxygen atoms in total. The van der Waals surface area contributed by atoms with Crippen LogP contribution in [0.15, 0.2) is 22.8 Å². The first-order valence-corrected chi connectivity index (χ1v) is 8.31. The molecule has 1 aromatic heterocycles. The maximum Gasteiger partial charge on any atom is 0.228 e. The zero-order valence-electron chi connectivity index (χ0n) is 13.5. The van der Waals surface area contributed by atoms with Crippen molar-refractivity contribution in [2.45, 2.75) is 38.8 Å². The summed E-state index contributed by atoms with van der Waals surface area (Å²) in [6, 6.07) is 3.63. The third-order valence-corrected chi connectivity index (χ3v) is 4.94. The SMILES string of the molecule is CC(O)C1CCCN(C(=O)C2CC(=O)N(Cc3ccco3)C2)C1. The minimum Gasteiger partial charge on any atom is -0.467 e. The van der Waals surface area contributed by atoms with Gasteiger partial charge in [0.2, 0.25) is 11.8 Å². The topological polar surface area (TPSA) is 74.0 Å². The first-order valence-electron chi connectivity index (χ1n) is 8.31. The third-order valence-electron chi connectivity index (χ3n) is 4.94. The first kappa shape index (κ1) is 16.1. The number of amides is 2. The van der Waals surface area contributed by atoms with Crippen LogP contribution in [0, 0.1) is 11.8 Å². The fraction of sp³-hybridized carbons (Fsp3) is 0.647. The largest absolute Gasteiger partial charge is 0.467 e. The Bertz CT molecular complexity index is 555. The molecule has 3 unspecified atom stereocenters. The van der Waals surface area contributed by atoms with Gasteiger partial charge in [-0.25, -0.2) is 0 Å². The van der Waals surface area contributed by atoms with Crippen molar-refractivity contribution >= 4 is 11.8 Å². The van der Waals surface area contributed by atoms with Crippen LogP contribution in [0.5, 0.6) is 0 Å². The average molecular weight is 320 g/mol. The number of rotatable bonds is 4. The van der Waals surface area contributed by atoms with Crippen LogP contribution in [0.3, 0.4) is 0 Å². The van der Waals surface area contributed by atoms with Gasteiger partial charge >= 0.3 is 0 Å². The van der Waals surface area contributed by atoms with Crippen molar-refractivity contribution in [3.05, 3.63) is 24.2 Å². The molecule has 2 aliphatic rings. The van der Waals surface area contributed by atoms with Crippen LogP contribution >= 0.6 is 0 Å². The zero-order chi connectivity index (χ0) is 16.4. The van der Waals surface area contributed by atoms with E-state index in [0.29, 0.717) is 19.6 Å². The molecule has 0 bridgehead atoms. The molecular formula is C17H24N2O4. The number of carbonyl (C=O) groups excluding carboxylic acids is 2. The summed E-state index contributed by atoms with van der Waals surface area (Å²) in [7, 11) is 0. The van der Waals surface area contributed by atoms with E-state index in [0.717, 1.165) is 25.1 Å². The maximum absolute atomic E-state index is 12.7. The smallest absolute Gasteiger partial charge is 0.228 e. The molecule has 2 aliphatic heterocycles. The molecule has 2 saturated heterocycles. The predicted octanol–water partition coefficient (Wildman–Crippen LogP) is 1.25. The highest BCUT2D eigenvalue weighted by Crippen LogP contribution is 2.26. The number of aliphatic hydroxyl groups excluding tert-OH is 1. The van der Waals surface area contributed by atoms with Crippen LogP contribution in [0.4, 0.5) is 0 Å². The summed E-state index contributed by atoms with van der Waals surface area (Å²) in [6.45, 7) is 3.98. The molecule has 2 fully saturated rings. The van der Waals surface area contributed by atoms with Gasteiger partial charge in [-0.2, -0.15) is 0 Å². The summed E-state index contributed by atoms with van der Waals surface area (Å²) in [4.78, 5) is 28.4. The molecule has 0 saturated carbocycles. The molecule has 1 aromatic rings. The van der Waals surface area contributed by atoms with Gasteiger partial charge in [0.1, 0.15) is 5.76 Å². The van der Waals surface area contributed by atoms with Crippen LogP contribution in [0.2, 0.25) is 0 Å². The molecule has 126 valence electrons. The van der Waals surface area contributed by atoms with E-state index in [4.69, 9.17) is 4.42 Å². The second-order valence-electron chi connectivity index (χ2n) is 6.68. The lowest BCUT2D eigenvalue weighted by atomic mass is 9.92. The van der Waals surface area contributed by atoms with E-state index in [9.17, 15) is 14.7 Å². The predicted molar refractivity (Wildman–Crippen MR) is 83.2 cm³/mol. The molecule has 3 heterocycles. The second kappa shape index (κ2) is 6.74. The summed E-state index contributed by atoms with van der Waals surface area (Å²) >= 11 is 0. The molecule has 0 aliphatic carbocycles. The highest BCUT2D eigenvalue weighted by molar-refractivity contribution is 5.89. The van der Waals surface area contributed by atoms with E-state index in [2.05, 4.69) is 0 Å². The van der Waals surface area contributed by atoms with Crippen molar-refractivity contribution in [2.24, 2.45) is 11.8 Å². The Morgan fingerprint density at radius 2 is 2.30 bits per heavy atom. The third kappa shape index (κ3) is 3.58. The highest BCUT2D eigenvalue weighted by atomic mass is 16.3. The molecule has 0 aromatic carbocycles. The maximum atomic E-state index is 12.7. The summed E-state index contributed by atoms with van der Waals surface area (Å²) in [5.74, 6) is 0.655. The lowest BCUT2D eigenvalue weighted by Gasteiger charge is -2.35. The Morgan fingerprint density at radius 3 is 3.00 bits per heavy atom. The number of aliphatic hydroxyl groups is 1. The van der Waals surface area contributed by atoms with Crippen molar-refractivity contribution in [3.8, 4) is 0 Å². The zero-order valence-corrected chi connectivity index (χ0v) is 13.5. The summed E-state index contributed by atoms with van der Waals surface area (Å²) in [5.41, 5.74) is 0. The van der Waals surface area contributed by atoms with Crippen molar-refractivity contribution in [2.75, 3.05) is 19.6 Å². The molecule has 3 atom stereocenters. The van der Waals surface area contributed by atoms with Gasteiger partial charge in [-0.15, -0.1) is 0 Å². The summed E-state index contributed by atoms with van der Waals surface area (Å²) in [5, 5.41) is 9.76. The molecule has 1 N–H and O–H groups in total. The average Bonchev–Trinajstić information content (AvgIpc) is 3.17. The van der Waals surface area contributed by atoms with E-state index in [1.165, 1.54) is 0 Å².